The van der Waals surface area contributed by atoms with E-state index in [1.54, 1.807) is 39.0 Å². The van der Waals surface area contributed by atoms with Crippen molar-refractivity contribution in [3.63, 3.8) is 0 Å². The zero-order chi connectivity index (χ0) is 17.3. The average molecular weight is 334 g/mol. The molecule has 0 radical (unpaired) electrons. The Labute approximate surface area is 140 Å². The first-order valence-corrected chi connectivity index (χ1v) is 7.77. The predicted octanol–water partition coefficient (Wildman–Crippen LogP) is 4.45. The number of halogens is 1. The van der Waals surface area contributed by atoms with Crippen LogP contribution in [0.5, 0.6) is 5.75 Å². The van der Waals surface area contributed by atoms with Gasteiger partial charge in [-0.2, -0.15) is 0 Å². The van der Waals surface area contributed by atoms with Gasteiger partial charge in [0.05, 0.1) is 5.69 Å². The number of aromatic nitrogens is 1. The maximum Gasteiger partial charge on any atom is 0.219 e. The van der Waals surface area contributed by atoms with Gasteiger partial charge in [-0.1, -0.05) is 11.6 Å². The van der Waals surface area contributed by atoms with Gasteiger partial charge in [-0.15, -0.1) is 0 Å². The van der Waals surface area contributed by atoms with Crippen molar-refractivity contribution in [2.75, 3.05) is 0 Å². The highest BCUT2D eigenvalue weighted by molar-refractivity contribution is 6.31. The van der Waals surface area contributed by atoms with Crippen LogP contribution in [0.3, 0.4) is 0 Å². The Kier molecular flexibility index (Phi) is 4.95. The van der Waals surface area contributed by atoms with Crippen molar-refractivity contribution in [3.8, 4) is 5.75 Å². The Morgan fingerprint density at radius 3 is 2.39 bits per heavy atom. The molecule has 0 saturated carbocycles. The van der Waals surface area contributed by atoms with Crippen molar-refractivity contribution in [2.45, 2.75) is 40.7 Å². The summed E-state index contributed by atoms with van der Waals surface area (Å²) in [7, 11) is 0. The maximum absolute atomic E-state index is 12.6. The maximum atomic E-state index is 12.6. The summed E-state index contributed by atoms with van der Waals surface area (Å²) in [5.41, 5.74) is 3.25. The summed E-state index contributed by atoms with van der Waals surface area (Å²) in [6.45, 7) is 8.61. The number of carbonyl (C=O) groups is 2. The SMILES string of the molecule is CC(=O)c1c(C)[nH]c(C(=O)[C@@H](C)Oc2ccc(Cl)c(C)c2)c1C. The van der Waals surface area contributed by atoms with Crippen LogP contribution in [0.15, 0.2) is 18.2 Å². The van der Waals surface area contributed by atoms with E-state index in [2.05, 4.69) is 4.98 Å². The molecular weight excluding hydrogens is 314 g/mol. The highest BCUT2D eigenvalue weighted by Crippen LogP contribution is 2.24. The van der Waals surface area contributed by atoms with Crippen LogP contribution in [0, 0.1) is 20.8 Å². The van der Waals surface area contributed by atoms with Crippen LogP contribution >= 0.6 is 11.6 Å². The minimum absolute atomic E-state index is 0.0582. The van der Waals surface area contributed by atoms with Gasteiger partial charge >= 0.3 is 0 Å². The van der Waals surface area contributed by atoms with E-state index < -0.39 is 6.10 Å². The third-order valence-corrected chi connectivity index (χ3v) is 4.27. The second-order valence-electron chi connectivity index (χ2n) is 5.72. The first-order valence-electron chi connectivity index (χ1n) is 7.39. The number of benzene rings is 1. The van der Waals surface area contributed by atoms with E-state index in [1.165, 1.54) is 6.92 Å². The lowest BCUT2D eigenvalue weighted by Crippen LogP contribution is -2.25. The van der Waals surface area contributed by atoms with E-state index in [4.69, 9.17) is 16.3 Å². The van der Waals surface area contributed by atoms with E-state index in [1.807, 2.05) is 6.92 Å². The van der Waals surface area contributed by atoms with Crippen LogP contribution in [0.4, 0.5) is 0 Å². The lowest BCUT2D eigenvalue weighted by molar-refractivity contribution is 0.0812. The summed E-state index contributed by atoms with van der Waals surface area (Å²) in [6.07, 6.45) is -0.674. The lowest BCUT2D eigenvalue weighted by Gasteiger charge is -2.14. The third-order valence-electron chi connectivity index (χ3n) is 3.85. The topological polar surface area (TPSA) is 59.2 Å². The van der Waals surface area contributed by atoms with Crippen LogP contribution in [-0.2, 0) is 0 Å². The number of aryl methyl sites for hydroxylation is 2. The van der Waals surface area contributed by atoms with Gasteiger partial charge in [0.1, 0.15) is 5.75 Å². The highest BCUT2D eigenvalue weighted by atomic mass is 35.5. The molecule has 0 spiro atoms. The van der Waals surface area contributed by atoms with Crippen molar-refractivity contribution in [1.29, 1.82) is 0 Å². The molecule has 1 aromatic carbocycles. The molecule has 2 aromatic rings. The number of ketones is 2. The Morgan fingerprint density at radius 1 is 1.22 bits per heavy atom. The number of aromatic amines is 1. The fourth-order valence-electron chi connectivity index (χ4n) is 2.68. The van der Waals surface area contributed by atoms with Crippen molar-refractivity contribution >= 4 is 23.2 Å². The fraction of sp³-hybridized carbons (Fsp3) is 0.333. The second-order valence-corrected chi connectivity index (χ2v) is 6.12. The highest BCUT2D eigenvalue weighted by Gasteiger charge is 2.24. The van der Waals surface area contributed by atoms with Gasteiger partial charge in [0, 0.05) is 16.3 Å². The zero-order valence-corrected chi connectivity index (χ0v) is 14.7. The standard InChI is InChI=1S/C18H20ClNO3/c1-9-8-14(6-7-15(9)19)23-13(5)18(22)17-10(2)16(12(4)21)11(3)20-17/h6-8,13,20H,1-5H3/t13-/m1/s1. The Bertz CT molecular complexity index is 777. The molecule has 4 nitrogen and oxygen atoms in total. The smallest absolute Gasteiger partial charge is 0.219 e. The van der Waals surface area contributed by atoms with Gasteiger partial charge < -0.3 is 9.72 Å². The van der Waals surface area contributed by atoms with Crippen molar-refractivity contribution in [1.82, 2.24) is 4.98 Å². The fourth-order valence-corrected chi connectivity index (χ4v) is 2.79. The molecule has 0 aliphatic rings. The molecule has 1 atom stereocenters. The number of Topliss-reactive ketones (excluding diaryl/α,β-unsaturated/α-hetero) is 2. The molecule has 1 aromatic heterocycles. The second kappa shape index (κ2) is 6.59. The summed E-state index contributed by atoms with van der Waals surface area (Å²) in [6, 6.07) is 5.26. The van der Waals surface area contributed by atoms with Crippen LogP contribution < -0.4 is 4.74 Å². The molecule has 0 amide bonds. The van der Waals surface area contributed by atoms with Crippen molar-refractivity contribution in [3.05, 3.63) is 51.3 Å². The first-order chi connectivity index (χ1) is 10.7. The monoisotopic (exact) mass is 333 g/mol. The summed E-state index contributed by atoms with van der Waals surface area (Å²) in [4.78, 5) is 27.3. The number of hydrogen-bond acceptors (Lipinski definition) is 3. The van der Waals surface area contributed by atoms with Crippen molar-refractivity contribution < 1.29 is 14.3 Å². The number of rotatable bonds is 5. The van der Waals surface area contributed by atoms with Crippen molar-refractivity contribution in [2.24, 2.45) is 0 Å². The van der Waals surface area contributed by atoms with Gasteiger partial charge in [-0.3, -0.25) is 9.59 Å². The van der Waals surface area contributed by atoms with Crippen LogP contribution in [-0.4, -0.2) is 22.7 Å². The summed E-state index contributed by atoms with van der Waals surface area (Å²) < 4.78 is 5.72. The third kappa shape index (κ3) is 3.48. The van der Waals surface area contributed by atoms with E-state index in [9.17, 15) is 9.59 Å². The normalized spacial score (nSPS) is 12.1. The molecule has 0 aliphatic heterocycles. The molecule has 0 saturated heterocycles. The molecule has 1 heterocycles. The molecule has 0 fully saturated rings. The summed E-state index contributed by atoms with van der Waals surface area (Å²) in [5.74, 6) is 0.336. The molecule has 0 aliphatic carbocycles. The zero-order valence-electron chi connectivity index (χ0n) is 13.9. The lowest BCUT2D eigenvalue weighted by atomic mass is 10.0. The molecule has 1 N–H and O–H groups in total. The van der Waals surface area contributed by atoms with Gasteiger partial charge in [0.25, 0.3) is 0 Å². The van der Waals surface area contributed by atoms with Crippen LogP contribution in [0.25, 0.3) is 0 Å². The average Bonchev–Trinajstić information content (AvgIpc) is 2.77. The number of carbonyl (C=O) groups excluding carboxylic acids is 2. The Balaban J connectivity index is 2.24. The van der Waals surface area contributed by atoms with Gasteiger partial charge in [-0.05, 0) is 63.9 Å². The number of nitrogens with one attached hydrogen (secondary N) is 1. The Hall–Kier alpha value is -2.07. The Morgan fingerprint density at radius 2 is 1.87 bits per heavy atom. The molecule has 122 valence electrons. The largest absolute Gasteiger partial charge is 0.482 e. The molecule has 5 heteroatoms. The minimum Gasteiger partial charge on any atom is -0.482 e. The number of H-pyrrole nitrogens is 1. The van der Waals surface area contributed by atoms with Gasteiger partial charge in [-0.25, -0.2) is 0 Å². The van der Waals surface area contributed by atoms with E-state index >= 15 is 0 Å². The van der Waals surface area contributed by atoms with Crippen LogP contribution in [0.1, 0.15) is 51.5 Å². The molecule has 2 rings (SSSR count). The van der Waals surface area contributed by atoms with Gasteiger partial charge in [0.15, 0.2) is 11.9 Å². The quantitative estimate of drug-likeness (QED) is 0.822. The number of hydrogen-bond donors (Lipinski definition) is 1. The summed E-state index contributed by atoms with van der Waals surface area (Å²) >= 11 is 5.99. The summed E-state index contributed by atoms with van der Waals surface area (Å²) in [5, 5.41) is 0.651. The minimum atomic E-state index is -0.674. The van der Waals surface area contributed by atoms with Crippen LogP contribution in [0.2, 0.25) is 5.02 Å². The molecule has 23 heavy (non-hydrogen) atoms. The molecule has 0 bridgehead atoms. The predicted molar refractivity (Wildman–Crippen MR) is 90.9 cm³/mol. The molecule has 0 unspecified atom stereocenters. The van der Waals surface area contributed by atoms with Gasteiger partial charge in [0.2, 0.25) is 5.78 Å². The molecular formula is C18H20ClNO3. The number of ether oxygens (including phenoxy) is 1. The first kappa shape index (κ1) is 17.3. The van der Waals surface area contributed by atoms with E-state index in [-0.39, 0.29) is 11.6 Å². The van der Waals surface area contributed by atoms with E-state index in [0.29, 0.717) is 33.3 Å². The van der Waals surface area contributed by atoms with E-state index in [0.717, 1.165) is 5.56 Å².